The number of phenolic OH excluding ortho intramolecular Hbond substituents is 1. The summed E-state index contributed by atoms with van der Waals surface area (Å²) in [7, 11) is 0. The summed E-state index contributed by atoms with van der Waals surface area (Å²) in [5.41, 5.74) is 0.833. The van der Waals surface area contributed by atoms with Crippen LogP contribution in [-0.2, 0) is 0 Å². The van der Waals surface area contributed by atoms with Gasteiger partial charge in [-0.05, 0) is 17.9 Å². The van der Waals surface area contributed by atoms with Gasteiger partial charge in [0.1, 0.15) is 5.75 Å². The summed E-state index contributed by atoms with van der Waals surface area (Å²) in [6.45, 7) is 3.10. The van der Waals surface area contributed by atoms with E-state index in [0.717, 1.165) is 29.4 Å². The zero-order chi connectivity index (χ0) is 12.1. The van der Waals surface area contributed by atoms with E-state index in [4.69, 9.17) is 0 Å². The molecule has 2 nitrogen and oxygen atoms in total. The molecule has 0 amide bonds. The van der Waals surface area contributed by atoms with Crippen LogP contribution in [0.2, 0.25) is 0 Å². The summed E-state index contributed by atoms with van der Waals surface area (Å²) >= 11 is 0. The van der Waals surface area contributed by atoms with Gasteiger partial charge >= 0.3 is 0 Å². The molecule has 0 atom stereocenters. The Bertz CT molecular complexity index is 493. The minimum atomic E-state index is 0.361. The Balaban J connectivity index is 2.15. The van der Waals surface area contributed by atoms with Gasteiger partial charge in [0.25, 0.3) is 0 Å². The van der Waals surface area contributed by atoms with Crippen LogP contribution < -0.4 is 5.32 Å². The lowest BCUT2D eigenvalue weighted by molar-refractivity contribution is 0.483. The lowest BCUT2D eigenvalue weighted by Gasteiger charge is -2.10. The van der Waals surface area contributed by atoms with Gasteiger partial charge in [0.2, 0.25) is 0 Å². The number of phenols is 1. The van der Waals surface area contributed by atoms with Crippen LogP contribution in [0.3, 0.4) is 0 Å². The lowest BCUT2D eigenvalue weighted by atomic mass is 10.1. The molecule has 0 bridgehead atoms. The number of fused-ring (bicyclic) bond motifs is 1. The molecule has 2 aromatic rings. The Morgan fingerprint density at radius 3 is 2.71 bits per heavy atom. The number of unbranched alkanes of at least 4 members (excludes halogenated alkanes) is 2. The molecule has 0 spiro atoms. The maximum Gasteiger partial charge on any atom is 0.146 e. The molecule has 0 aliphatic rings. The Labute approximate surface area is 102 Å². The highest BCUT2D eigenvalue weighted by Crippen LogP contribution is 2.32. The normalized spacial score (nSPS) is 10.6. The molecular weight excluding hydrogens is 210 g/mol. The van der Waals surface area contributed by atoms with E-state index >= 15 is 0 Å². The van der Waals surface area contributed by atoms with Gasteiger partial charge in [-0.1, -0.05) is 50.1 Å². The van der Waals surface area contributed by atoms with Gasteiger partial charge < -0.3 is 10.4 Å². The van der Waals surface area contributed by atoms with Crippen LogP contribution in [0.25, 0.3) is 10.8 Å². The summed E-state index contributed by atoms with van der Waals surface area (Å²) in [6.07, 6.45) is 3.58. The number of rotatable bonds is 5. The summed E-state index contributed by atoms with van der Waals surface area (Å²) in [6, 6.07) is 11.9. The van der Waals surface area contributed by atoms with E-state index in [1.807, 2.05) is 36.4 Å². The van der Waals surface area contributed by atoms with Gasteiger partial charge in [-0.3, -0.25) is 0 Å². The van der Waals surface area contributed by atoms with E-state index in [1.165, 1.54) is 12.8 Å². The molecule has 2 rings (SSSR count). The second-order valence-electron chi connectivity index (χ2n) is 4.32. The fraction of sp³-hybridized carbons (Fsp3) is 0.333. The summed E-state index contributed by atoms with van der Waals surface area (Å²) < 4.78 is 0. The van der Waals surface area contributed by atoms with E-state index in [9.17, 15) is 5.11 Å². The third kappa shape index (κ3) is 2.70. The second-order valence-corrected chi connectivity index (χ2v) is 4.32. The second kappa shape index (κ2) is 5.58. The minimum Gasteiger partial charge on any atom is -0.505 e. The van der Waals surface area contributed by atoms with Gasteiger partial charge in [0, 0.05) is 11.9 Å². The zero-order valence-electron chi connectivity index (χ0n) is 10.2. The standard InChI is InChI=1S/C15H19NO/c1-2-3-6-11-16-14-10-9-12-7-4-5-8-13(12)15(14)17/h4-5,7-10,16-17H,2-3,6,11H2,1H3. The average molecular weight is 229 g/mol. The number of anilines is 1. The molecule has 0 saturated carbocycles. The van der Waals surface area contributed by atoms with E-state index in [-0.39, 0.29) is 0 Å². The third-order valence-corrected chi connectivity index (χ3v) is 3.00. The van der Waals surface area contributed by atoms with Crippen LogP contribution in [0.4, 0.5) is 5.69 Å². The first-order valence-corrected chi connectivity index (χ1v) is 6.27. The van der Waals surface area contributed by atoms with Crippen LogP contribution in [0.1, 0.15) is 26.2 Å². The van der Waals surface area contributed by atoms with E-state index in [2.05, 4.69) is 12.2 Å². The van der Waals surface area contributed by atoms with Gasteiger partial charge in [0.05, 0.1) is 5.69 Å². The highest BCUT2D eigenvalue weighted by atomic mass is 16.3. The molecular formula is C15H19NO. The molecule has 0 heterocycles. The SMILES string of the molecule is CCCCCNc1ccc2ccccc2c1O. The van der Waals surface area contributed by atoms with Gasteiger partial charge in [0.15, 0.2) is 0 Å². The van der Waals surface area contributed by atoms with Crippen molar-refractivity contribution in [2.45, 2.75) is 26.2 Å². The molecule has 2 heteroatoms. The molecule has 0 fully saturated rings. The smallest absolute Gasteiger partial charge is 0.146 e. The van der Waals surface area contributed by atoms with Crippen molar-refractivity contribution < 1.29 is 5.11 Å². The van der Waals surface area contributed by atoms with Crippen molar-refractivity contribution in [2.24, 2.45) is 0 Å². The molecule has 0 saturated heterocycles. The summed E-state index contributed by atoms with van der Waals surface area (Å²) in [5.74, 6) is 0.361. The van der Waals surface area contributed by atoms with E-state index in [1.54, 1.807) is 0 Å². The third-order valence-electron chi connectivity index (χ3n) is 3.00. The fourth-order valence-electron chi connectivity index (χ4n) is 2.00. The highest BCUT2D eigenvalue weighted by Gasteiger charge is 2.04. The average Bonchev–Trinajstić information content (AvgIpc) is 2.37. The molecule has 0 aliphatic heterocycles. The Morgan fingerprint density at radius 1 is 1.06 bits per heavy atom. The summed E-state index contributed by atoms with van der Waals surface area (Å²) in [4.78, 5) is 0. The number of aromatic hydroxyl groups is 1. The van der Waals surface area contributed by atoms with Crippen molar-refractivity contribution in [1.82, 2.24) is 0 Å². The van der Waals surface area contributed by atoms with Crippen molar-refractivity contribution in [2.75, 3.05) is 11.9 Å². The molecule has 2 N–H and O–H groups in total. The van der Waals surface area contributed by atoms with Crippen LogP contribution >= 0.6 is 0 Å². The zero-order valence-corrected chi connectivity index (χ0v) is 10.2. The van der Waals surface area contributed by atoms with Crippen molar-refractivity contribution in [3.05, 3.63) is 36.4 Å². The number of hydrogen-bond acceptors (Lipinski definition) is 2. The quantitative estimate of drug-likeness (QED) is 0.596. The highest BCUT2D eigenvalue weighted by molar-refractivity contribution is 5.92. The van der Waals surface area contributed by atoms with Crippen LogP contribution in [0, 0.1) is 0 Å². The molecule has 2 aromatic carbocycles. The topological polar surface area (TPSA) is 32.3 Å². The molecule has 0 aliphatic carbocycles. The number of hydrogen-bond donors (Lipinski definition) is 2. The molecule has 0 radical (unpaired) electrons. The molecule has 90 valence electrons. The monoisotopic (exact) mass is 229 g/mol. The van der Waals surface area contributed by atoms with Gasteiger partial charge in [-0.15, -0.1) is 0 Å². The maximum absolute atomic E-state index is 10.1. The predicted octanol–water partition coefficient (Wildman–Crippen LogP) is 4.15. The summed E-state index contributed by atoms with van der Waals surface area (Å²) in [5, 5.41) is 15.4. The van der Waals surface area contributed by atoms with Crippen LogP contribution in [-0.4, -0.2) is 11.7 Å². The van der Waals surface area contributed by atoms with E-state index < -0.39 is 0 Å². The fourth-order valence-corrected chi connectivity index (χ4v) is 2.00. The molecule has 0 unspecified atom stereocenters. The molecule has 17 heavy (non-hydrogen) atoms. The Hall–Kier alpha value is -1.70. The first kappa shape index (κ1) is 11.8. The van der Waals surface area contributed by atoms with Crippen LogP contribution in [0.5, 0.6) is 5.75 Å². The molecule has 0 aromatic heterocycles. The largest absolute Gasteiger partial charge is 0.505 e. The van der Waals surface area contributed by atoms with E-state index in [0.29, 0.717) is 5.75 Å². The Kier molecular flexibility index (Phi) is 3.86. The minimum absolute atomic E-state index is 0.361. The predicted molar refractivity (Wildman–Crippen MR) is 73.6 cm³/mol. The van der Waals surface area contributed by atoms with Crippen molar-refractivity contribution in [1.29, 1.82) is 0 Å². The van der Waals surface area contributed by atoms with Crippen molar-refractivity contribution in [3.8, 4) is 5.75 Å². The Morgan fingerprint density at radius 2 is 1.88 bits per heavy atom. The number of benzene rings is 2. The first-order valence-electron chi connectivity index (χ1n) is 6.27. The number of nitrogens with one attached hydrogen (secondary N) is 1. The van der Waals surface area contributed by atoms with Crippen LogP contribution in [0.15, 0.2) is 36.4 Å². The van der Waals surface area contributed by atoms with Gasteiger partial charge in [-0.25, -0.2) is 0 Å². The maximum atomic E-state index is 10.1. The lowest BCUT2D eigenvalue weighted by Crippen LogP contribution is -2.01. The first-order chi connectivity index (χ1) is 8.33. The van der Waals surface area contributed by atoms with Gasteiger partial charge in [-0.2, -0.15) is 0 Å². The van der Waals surface area contributed by atoms with Crippen molar-refractivity contribution >= 4 is 16.5 Å². The van der Waals surface area contributed by atoms with Crippen molar-refractivity contribution in [3.63, 3.8) is 0 Å².